The highest BCUT2D eigenvalue weighted by atomic mass is 19.3. The van der Waals surface area contributed by atoms with Crippen molar-refractivity contribution in [2.45, 2.75) is 51.0 Å². The average Bonchev–Trinajstić information content (AvgIpc) is 3.53. The number of aryl methyl sites for hydroxylation is 1. The largest absolute Gasteiger partial charge is 0.493 e. The van der Waals surface area contributed by atoms with E-state index in [0.29, 0.717) is 43.7 Å². The van der Waals surface area contributed by atoms with Crippen LogP contribution in [0.4, 0.5) is 14.5 Å². The molecule has 1 N–H and O–H groups in total. The molecule has 206 valence electrons. The van der Waals surface area contributed by atoms with Crippen molar-refractivity contribution in [3.63, 3.8) is 0 Å². The van der Waals surface area contributed by atoms with E-state index in [-0.39, 0.29) is 13.0 Å². The van der Waals surface area contributed by atoms with E-state index in [1.165, 1.54) is 0 Å². The molecule has 0 atom stereocenters. The minimum absolute atomic E-state index is 0.0658. The van der Waals surface area contributed by atoms with Crippen molar-refractivity contribution in [1.82, 2.24) is 14.8 Å². The van der Waals surface area contributed by atoms with Gasteiger partial charge in [-0.05, 0) is 63.7 Å². The molecule has 3 aromatic rings. The first-order chi connectivity index (χ1) is 18.3. The van der Waals surface area contributed by atoms with Gasteiger partial charge in [0.05, 0.1) is 25.8 Å². The van der Waals surface area contributed by atoms with Crippen molar-refractivity contribution in [2.75, 3.05) is 58.8 Å². The first kappa shape index (κ1) is 26.7. The van der Waals surface area contributed by atoms with Gasteiger partial charge >= 0.3 is 0 Å². The number of anilines is 1. The molecule has 0 saturated carbocycles. The first-order valence-corrected chi connectivity index (χ1v) is 13.6. The molecule has 0 bridgehead atoms. The zero-order chi connectivity index (χ0) is 26.7. The Morgan fingerprint density at radius 2 is 1.95 bits per heavy atom. The molecule has 2 saturated heterocycles. The van der Waals surface area contributed by atoms with Gasteiger partial charge in [0, 0.05) is 49.1 Å². The quantitative estimate of drug-likeness (QED) is 0.340. The Kier molecular flexibility index (Phi) is 8.04. The van der Waals surface area contributed by atoms with Crippen molar-refractivity contribution >= 4 is 16.6 Å². The van der Waals surface area contributed by atoms with Crippen LogP contribution in [0.15, 0.2) is 34.7 Å². The number of alkyl halides is 2. The number of methoxy groups -OCH3 is 1. The number of furan rings is 1. The van der Waals surface area contributed by atoms with Crippen molar-refractivity contribution in [1.29, 1.82) is 0 Å². The molecule has 0 radical (unpaired) electrons. The number of rotatable bonds is 10. The molecule has 2 fully saturated rings. The van der Waals surface area contributed by atoms with Crippen LogP contribution in [0, 0.1) is 0 Å². The summed E-state index contributed by atoms with van der Waals surface area (Å²) in [5.74, 6) is 0.293. The normalized spacial score (nSPS) is 18.8. The predicted molar refractivity (Wildman–Crippen MR) is 146 cm³/mol. The van der Waals surface area contributed by atoms with Gasteiger partial charge in [-0.1, -0.05) is 6.92 Å². The van der Waals surface area contributed by atoms with E-state index < -0.39 is 5.92 Å². The Hall–Kier alpha value is -2.91. The molecule has 4 heterocycles. The standard InChI is InChI=1S/C29H38F2N4O3/c1-4-21-6-7-26(38-21)25-17-23(32-20-8-12-34(2)13-9-20)22-16-27(36-3)28(18-24(22)33-25)37-15-5-11-35-14-10-29(30,31)19-35/h6-7,16-18,20H,4-5,8-15,19H2,1-3H3,(H,32,33). The van der Waals surface area contributed by atoms with Crippen LogP contribution in [-0.4, -0.2) is 80.2 Å². The van der Waals surface area contributed by atoms with Crippen LogP contribution in [0.3, 0.4) is 0 Å². The smallest absolute Gasteiger partial charge is 0.261 e. The van der Waals surface area contributed by atoms with Crippen LogP contribution in [0.5, 0.6) is 11.5 Å². The van der Waals surface area contributed by atoms with Crippen LogP contribution < -0.4 is 14.8 Å². The van der Waals surface area contributed by atoms with Crippen LogP contribution in [0.25, 0.3) is 22.4 Å². The van der Waals surface area contributed by atoms with E-state index in [2.05, 4.69) is 30.3 Å². The van der Waals surface area contributed by atoms with E-state index in [4.69, 9.17) is 18.9 Å². The summed E-state index contributed by atoms with van der Waals surface area (Å²) in [5.41, 5.74) is 2.54. The molecule has 0 spiro atoms. The number of nitrogens with zero attached hydrogens (tertiary/aromatic N) is 3. The van der Waals surface area contributed by atoms with Crippen LogP contribution in [0.2, 0.25) is 0 Å². The molecule has 38 heavy (non-hydrogen) atoms. The van der Waals surface area contributed by atoms with Gasteiger partial charge in [0.2, 0.25) is 0 Å². The molecule has 0 amide bonds. The summed E-state index contributed by atoms with van der Waals surface area (Å²) in [6.45, 7) is 5.43. The van der Waals surface area contributed by atoms with E-state index in [0.717, 1.165) is 66.2 Å². The second kappa shape index (κ2) is 11.5. The highest BCUT2D eigenvalue weighted by molar-refractivity contribution is 5.95. The molecule has 2 aliphatic rings. The van der Waals surface area contributed by atoms with Gasteiger partial charge in [-0.25, -0.2) is 13.8 Å². The van der Waals surface area contributed by atoms with Gasteiger partial charge in [-0.15, -0.1) is 0 Å². The molecule has 7 nitrogen and oxygen atoms in total. The number of hydrogen-bond acceptors (Lipinski definition) is 7. The number of piperidine rings is 1. The summed E-state index contributed by atoms with van der Waals surface area (Å²) in [6.07, 6.45) is 3.54. The van der Waals surface area contributed by atoms with E-state index in [1.807, 2.05) is 24.3 Å². The lowest BCUT2D eigenvalue weighted by atomic mass is 10.0. The lowest BCUT2D eigenvalue weighted by molar-refractivity contribution is 0.0118. The number of likely N-dealkylation sites (tertiary alicyclic amines) is 2. The Balaban J connectivity index is 1.39. The molecule has 9 heteroatoms. The zero-order valence-electron chi connectivity index (χ0n) is 22.6. The number of halogens is 2. The topological polar surface area (TPSA) is 63.0 Å². The highest BCUT2D eigenvalue weighted by Crippen LogP contribution is 2.38. The highest BCUT2D eigenvalue weighted by Gasteiger charge is 2.37. The molecule has 5 rings (SSSR count). The number of hydrogen-bond donors (Lipinski definition) is 1. The fourth-order valence-corrected chi connectivity index (χ4v) is 5.30. The van der Waals surface area contributed by atoms with Gasteiger partial charge in [-0.2, -0.15) is 0 Å². The summed E-state index contributed by atoms with van der Waals surface area (Å²) in [5, 5.41) is 4.72. The lowest BCUT2D eigenvalue weighted by Crippen LogP contribution is -2.36. The summed E-state index contributed by atoms with van der Waals surface area (Å²) >= 11 is 0. The summed E-state index contributed by atoms with van der Waals surface area (Å²) in [6, 6.07) is 10.3. The van der Waals surface area contributed by atoms with Crippen molar-refractivity contribution in [3.05, 3.63) is 36.1 Å². The lowest BCUT2D eigenvalue weighted by Gasteiger charge is -2.30. The SMILES string of the molecule is CCc1ccc(-c2cc(NC3CCN(C)CC3)c3cc(OC)c(OCCCN4CCC(F)(F)C4)cc3n2)o1. The number of pyridine rings is 1. The first-order valence-electron chi connectivity index (χ1n) is 13.6. The Labute approximate surface area is 223 Å². The van der Waals surface area contributed by atoms with Gasteiger partial charge in [-0.3, -0.25) is 4.90 Å². The molecular formula is C29H38F2N4O3. The summed E-state index contributed by atoms with van der Waals surface area (Å²) in [4.78, 5) is 9.08. The minimum Gasteiger partial charge on any atom is -0.493 e. The maximum Gasteiger partial charge on any atom is 0.261 e. The van der Waals surface area contributed by atoms with Gasteiger partial charge in [0.1, 0.15) is 11.5 Å². The molecule has 0 aliphatic carbocycles. The summed E-state index contributed by atoms with van der Waals surface area (Å²) in [7, 11) is 3.78. The average molecular weight is 529 g/mol. The van der Waals surface area contributed by atoms with E-state index in [1.54, 1.807) is 12.0 Å². The number of benzene rings is 1. The Bertz CT molecular complexity index is 1240. The van der Waals surface area contributed by atoms with Crippen molar-refractivity contribution < 1.29 is 22.7 Å². The zero-order valence-corrected chi connectivity index (χ0v) is 22.6. The van der Waals surface area contributed by atoms with Gasteiger partial charge in [0.25, 0.3) is 5.92 Å². The molecular weight excluding hydrogens is 490 g/mol. The van der Waals surface area contributed by atoms with Gasteiger partial charge < -0.3 is 24.1 Å². The number of ether oxygens (including phenoxy) is 2. The molecule has 0 unspecified atom stereocenters. The second-order valence-corrected chi connectivity index (χ2v) is 10.5. The fraction of sp³-hybridized carbons (Fsp3) is 0.552. The Morgan fingerprint density at radius 3 is 2.63 bits per heavy atom. The number of fused-ring (bicyclic) bond motifs is 1. The van der Waals surface area contributed by atoms with E-state index in [9.17, 15) is 8.78 Å². The predicted octanol–water partition coefficient (Wildman–Crippen LogP) is 5.68. The maximum atomic E-state index is 13.5. The van der Waals surface area contributed by atoms with Crippen molar-refractivity contribution in [2.24, 2.45) is 0 Å². The second-order valence-electron chi connectivity index (χ2n) is 10.5. The van der Waals surface area contributed by atoms with Crippen LogP contribution >= 0.6 is 0 Å². The molecule has 2 aliphatic heterocycles. The van der Waals surface area contributed by atoms with Gasteiger partial charge in [0.15, 0.2) is 17.3 Å². The Morgan fingerprint density at radius 1 is 1.13 bits per heavy atom. The van der Waals surface area contributed by atoms with Crippen LogP contribution in [0.1, 0.15) is 38.4 Å². The minimum atomic E-state index is -2.57. The number of aromatic nitrogens is 1. The fourth-order valence-electron chi connectivity index (χ4n) is 5.30. The van der Waals surface area contributed by atoms with Crippen LogP contribution in [-0.2, 0) is 6.42 Å². The molecule has 1 aromatic carbocycles. The maximum absolute atomic E-state index is 13.5. The third kappa shape index (κ3) is 6.21. The third-order valence-electron chi connectivity index (χ3n) is 7.56. The molecule has 2 aromatic heterocycles. The third-order valence-corrected chi connectivity index (χ3v) is 7.56. The summed E-state index contributed by atoms with van der Waals surface area (Å²) < 4.78 is 44.8. The van der Waals surface area contributed by atoms with E-state index >= 15 is 0 Å². The monoisotopic (exact) mass is 528 g/mol. The number of nitrogens with one attached hydrogen (secondary N) is 1. The van der Waals surface area contributed by atoms with Crippen molar-refractivity contribution in [3.8, 4) is 23.0 Å².